The van der Waals surface area contributed by atoms with Gasteiger partial charge in [0.2, 0.25) is 0 Å². The summed E-state index contributed by atoms with van der Waals surface area (Å²) in [4.78, 5) is 0. The number of rotatable bonds is 4. The molecule has 0 saturated carbocycles. The molecule has 0 nitrogen and oxygen atoms in total. The van der Waals surface area contributed by atoms with Crippen LogP contribution in [0.4, 0.5) is 0 Å². The highest BCUT2D eigenvalue weighted by Crippen LogP contribution is 2.61. The third-order valence-corrected chi connectivity index (χ3v) is 6.43. The van der Waals surface area contributed by atoms with Gasteiger partial charge in [-0.1, -0.05) is 105 Å². The summed E-state index contributed by atoms with van der Waals surface area (Å²) in [6.07, 6.45) is 9.06. The Morgan fingerprint density at radius 1 is 0.800 bits per heavy atom. The molecule has 0 aromatic heterocycles. The lowest BCUT2D eigenvalue weighted by molar-refractivity contribution is 0.785. The molecule has 1 atom stereocenters. The third-order valence-electron chi connectivity index (χ3n) is 6.43. The van der Waals surface area contributed by atoms with Crippen LogP contribution in [0.25, 0.3) is 16.7 Å². The summed E-state index contributed by atoms with van der Waals surface area (Å²) < 4.78 is 0. The number of benzene rings is 3. The Morgan fingerprint density at radius 2 is 1.43 bits per heavy atom. The minimum absolute atomic E-state index is 0. The lowest BCUT2D eigenvalue weighted by Crippen LogP contribution is -2.26. The Hall–Kier alpha value is -3.38. The fourth-order valence-electron chi connectivity index (χ4n) is 5.33. The van der Waals surface area contributed by atoms with Crippen LogP contribution in [-0.2, 0) is 11.8 Å². The molecule has 0 heterocycles. The predicted molar refractivity (Wildman–Crippen MR) is 131 cm³/mol. The van der Waals surface area contributed by atoms with Crippen molar-refractivity contribution in [2.75, 3.05) is 0 Å². The van der Waals surface area contributed by atoms with E-state index < -0.39 is 0 Å². The van der Waals surface area contributed by atoms with Crippen molar-refractivity contribution in [2.24, 2.45) is 0 Å². The minimum Gasteiger partial charge on any atom is -0.103 e. The van der Waals surface area contributed by atoms with E-state index in [4.69, 9.17) is 0 Å². The van der Waals surface area contributed by atoms with Crippen molar-refractivity contribution in [3.05, 3.63) is 138 Å². The molecular formula is C30H28. The van der Waals surface area contributed by atoms with E-state index in [2.05, 4.69) is 99.0 Å². The first-order chi connectivity index (χ1) is 14.2. The van der Waals surface area contributed by atoms with E-state index in [1.54, 1.807) is 0 Å². The van der Waals surface area contributed by atoms with Gasteiger partial charge in [0.05, 0.1) is 5.41 Å². The molecular weight excluding hydrogens is 360 g/mol. The Morgan fingerprint density at radius 3 is 2.13 bits per heavy atom. The Labute approximate surface area is 180 Å². The molecule has 0 saturated heterocycles. The summed E-state index contributed by atoms with van der Waals surface area (Å²) in [5.41, 5.74) is 11.9. The smallest absolute Gasteiger partial charge is 0.0722 e. The van der Waals surface area contributed by atoms with Crippen LogP contribution >= 0.6 is 0 Å². The van der Waals surface area contributed by atoms with Crippen LogP contribution in [-0.4, -0.2) is 0 Å². The van der Waals surface area contributed by atoms with Crippen LogP contribution in [0.3, 0.4) is 0 Å². The average Bonchev–Trinajstić information content (AvgIpc) is 3.18. The van der Waals surface area contributed by atoms with E-state index in [9.17, 15) is 0 Å². The van der Waals surface area contributed by atoms with Crippen LogP contribution in [0.2, 0.25) is 0 Å². The molecule has 1 unspecified atom stereocenters. The molecule has 3 aromatic rings. The maximum Gasteiger partial charge on any atom is 0.0722 e. The molecule has 1 spiro atoms. The van der Waals surface area contributed by atoms with E-state index in [0.29, 0.717) is 0 Å². The second-order valence-corrected chi connectivity index (χ2v) is 7.85. The van der Waals surface area contributed by atoms with Crippen LogP contribution in [0.1, 0.15) is 42.2 Å². The van der Waals surface area contributed by atoms with Crippen molar-refractivity contribution in [3.63, 3.8) is 0 Å². The zero-order valence-corrected chi connectivity index (χ0v) is 16.8. The van der Waals surface area contributed by atoms with Gasteiger partial charge >= 0.3 is 0 Å². The monoisotopic (exact) mass is 388 g/mol. The van der Waals surface area contributed by atoms with Gasteiger partial charge in [-0.2, -0.15) is 0 Å². The number of hydrogen-bond acceptors (Lipinski definition) is 0. The Kier molecular flexibility index (Phi) is 4.95. The van der Waals surface area contributed by atoms with Gasteiger partial charge in [-0.25, -0.2) is 0 Å². The first kappa shape index (κ1) is 19.9. The summed E-state index contributed by atoms with van der Waals surface area (Å²) in [5.74, 6) is 0. The van der Waals surface area contributed by atoms with Gasteiger partial charge in [0.1, 0.15) is 0 Å². The fourth-order valence-corrected chi connectivity index (χ4v) is 5.33. The number of hydrogen-bond donors (Lipinski definition) is 0. The largest absolute Gasteiger partial charge is 0.103 e. The lowest BCUT2D eigenvalue weighted by Gasteiger charge is -2.31. The minimum atomic E-state index is -0.265. The second-order valence-electron chi connectivity index (χ2n) is 7.85. The highest BCUT2D eigenvalue weighted by molar-refractivity contribution is 5.95. The van der Waals surface area contributed by atoms with E-state index in [1.165, 1.54) is 50.1 Å². The zero-order valence-electron chi connectivity index (χ0n) is 16.8. The third kappa shape index (κ3) is 2.47. The first-order valence-electron chi connectivity index (χ1n) is 10.2. The standard InChI is InChI=1S/C29H24.CH4/c1-4-6-14-25-20(3)22-12-7-9-15-26(22)29(25)27-16-10-8-13-23(27)24-19-21(11-5-2)17-18-28(24)29;/h4-10,12-19H,1-2,11H2,3H3;1H4/b14-6-;. The van der Waals surface area contributed by atoms with Gasteiger partial charge in [-0.3, -0.25) is 0 Å². The van der Waals surface area contributed by atoms with Crippen molar-refractivity contribution in [1.29, 1.82) is 0 Å². The van der Waals surface area contributed by atoms with Crippen LogP contribution < -0.4 is 0 Å². The van der Waals surface area contributed by atoms with E-state index in [1.807, 2.05) is 12.2 Å². The van der Waals surface area contributed by atoms with Gasteiger partial charge in [-0.05, 0) is 63.4 Å². The lowest BCUT2D eigenvalue weighted by atomic mass is 9.69. The van der Waals surface area contributed by atoms with Gasteiger partial charge < -0.3 is 0 Å². The molecule has 30 heavy (non-hydrogen) atoms. The summed E-state index contributed by atoms with van der Waals surface area (Å²) in [6.45, 7) is 10.1. The normalized spacial score (nSPS) is 18.2. The molecule has 0 radical (unpaired) electrons. The van der Waals surface area contributed by atoms with Gasteiger partial charge in [0.25, 0.3) is 0 Å². The molecule has 0 bridgehead atoms. The molecule has 0 fully saturated rings. The zero-order chi connectivity index (χ0) is 20.0. The number of fused-ring (bicyclic) bond motifs is 7. The summed E-state index contributed by atoms with van der Waals surface area (Å²) in [5, 5.41) is 0. The van der Waals surface area contributed by atoms with Crippen molar-refractivity contribution in [1.82, 2.24) is 0 Å². The van der Waals surface area contributed by atoms with E-state index >= 15 is 0 Å². The van der Waals surface area contributed by atoms with Gasteiger partial charge in [0, 0.05) is 0 Å². The SMILES string of the molecule is C.C=C/C=C\C1=C(C)c2ccccc2C12c1ccccc1-c1cc(CC=C)ccc12. The maximum absolute atomic E-state index is 3.92. The van der Waals surface area contributed by atoms with Crippen molar-refractivity contribution in [2.45, 2.75) is 26.2 Å². The molecule has 148 valence electrons. The summed E-state index contributed by atoms with van der Waals surface area (Å²) in [6, 6.07) is 24.7. The van der Waals surface area contributed by atoms with Gasteiger partial charge in [-0.15, -0.1) is 6.58 Å². The fraction of sp³-hybridized carbons (Fsp3) is 0.133. The second kappa shape index (κ2) is 7.46. The highest BCUT2D eigenvalue weighted by Gasteiger charge is 2.51. The van der Waals surface area contributed by atoms with Crippen molar-refractivity contribution >= 4 is 5.57 Å². The maximum atomic E-state index is 3.92. The molecule has 5 rings (SSSR count). The molecule has 0 amide bonds. The summed E-state index contributed by atoms with van der Waals surface area (Å²) in [7, 11) is 0. The highest BCUT2D eigenvalue weighted by atomic mass is 14.5. The van der Waals surface area contributed by atoms with E-state index in [0.717, 1.165) is 6.42 Å². The Balaban J connectivity index is 0.00000218. The molecule has 0 heteroatoms. The summed E-state index contributed by atoms with van der Waals surface area (Å²) >= 11 is 0. The first-order valence-corrected chi connectivity index (χ1v) is 10.2. The Bertz CT molecular complexity index is 1220. The molecule has 2 aliphatic carbocycles. The molecule has 0 N–H and O–H groups in total. The number of allylic oxidation sites excluding steroid dienone is 6. The topological polar surface area (TPSA) is 0 Å². The molecule has 0 aliphatic heterocycles. The van der Waals surface area contributed by atoms with Crippen LogP contribution in [0, 0.1) is 0 Å². The van der Waals surface area contributed by atoms with E-state index in [-0.39, 0.29) is 12.8 Å². The average molecular weight is 389 g/mol. The quantitative estimate of drug-likeness (QED) is 0.315. The van der Waals surface area contributed by atoms with Gasteiger partial charge in [0.15, 0.2) is 0 Å². The van der Waals surface area contributed by atoms with Crippen molar-refractivity contribution < 1.29 is 0 Å². The van der Waals surface area contributed by atoms with Crippen molar-refractivity contribution in [3.8, 4) is 11.1 Å². The molecule has 3 aromatic carbocycles. The van der Waals surface area contributed by atoms with Crippen LogP contribution in [0.5, 0.6) is 0 Å². The van der Waals surface area contributed by atoms with Crippen LogP contribution in [0.15, 0.2) is 110 Å². The predicted octanol–water partition coefficient (Wildman–Crippen LogP) is 7.90. The molecule has 2 aliphatic rings.